The first-order chi connectivity index (χ1) is 10.7. The highest BCUT2D eigenvalue weighted by Gasteiger charge is 2.18. The number of hydrogen-bond acceptors (Lipinski definition) is 10. The zero-order chi connectivity index (χ0) is 19.1. The molecule has 24 heavy (non-hydrogen) atoms. The molecule has 0 spiro atoms. The fourth-order valence-corrected chi connectivity index (χ4v) is 5.11. The molecule has 0 aliphatic rings. The lowest BCUT2D eigenvalue weighted by molar-refractivity contribution is 0.327. The largest absolute Gasteiger partial charge is 0.293 e. The van der Waals surface area contributed by atoms with Crippen LogP contribution in [-0.2, 0) is 52.4 Å². The molecule has 0 N–H and O–H groups in total. The van der Waals surface area contributed by atoms with E-state index >= 15 is 0 Å². The molecule has 0 saturated carbocycles. The van der Waals surface area contributed by atoms with Gasteiger partial charge in [0, 0.05) is 6.26 Å². The first kappa shape index (κ1) is 23.8. The van der Waals surface area contributed by atoms with Crippen LogP contribution in [0.3, 0.4) is 0 Å². The minimum atomic E-state index is -4.06. The van der Waals surface area contributed by atoms with Crippen LogP contribution in [0.2, 0.25) is 0 Å². The summed E-state index contributed by atoms with van der Waals surface area (Å²) in [4.78, 5) is 0. The molecule has 0 aliphatic heterocycles. The van der Waals surface area contributed by atoms with Crippen molar-refractivity contribution in [2.45, 2.75) is 19.3 Å². The molecule has 1 unspecified atom stereocenters. The van der Waals surface area contributed by atoms with Crippen molar-refractivity contribution >= 4 is 45.7 Å². The van der Waals surface area contributed by atoms with Crippen molar-refractivity contribution in [1.29, 1.82) is 0 Å². The minimum Gasteiger partial charge on any atom is -0.272 e. The van der Waals surface area contributed by atoms with E-state index in [9.17, 15) is 29.5 Å². The molecule has 0 radical (unpaired) electrons. The van der Waals surface area contributed by atoms with Crippen LogP contribution < -0.4 is 0 Å². The summed E-state index contributed by atoms with van der Waals surface area (Å²) >= 11 is 0. The zero-order valence-corrected chi connectivity index (χ0v) is 16.6. The molecule has 0 rings (SSSR count). The van der Waals surface area contributed by atoms with Crippen LogP contribution in [0.15, 0.2) is 0 Å². The SMILES string of the molecule is C=S(C)(=O)COS(=O)(=O)CCCCCS(=O)(=O)OCS(=O)(=O)OC. The Hall–Kier alpha value is -0.250. The van der Waals surface area contributed by atoms with Gasteiger partial charge in [0.15, 0.2) is 5.94 Å². The summed E-state index contributed by atoms with van der Waals surface area (Å²) in [5.41, 5.74) is 0. The van der Waals surface area contributed by atoms with Gasteiger partial charge in [0.2, 0.25) is 0 Å². The van der Waals surface area contributed by atoms with Crippen LogP contribution in [0, 0.1) is 0 Å². The van der Waals surface area contributed by atoms with E-state index in [0.29, 0.717) is 0 Å². The normalized spacial score (nSPS) is 15.9. The number of rotatable bonds is 13. The Balaban J connectivity index is 4.13. The molecule has 0 bridgehead atoms. The summed E-state index contributed by atoms with van der Waals surface area (Å²) in [5.74, 6) is 0.810. The Morgan fingerprint density at radius 1 is 0.708 bits per heavy atom. The second kappa shape index (κ2) is 9.45. The van der Waals surface area contributed by atoms with Gasteiger partial charge in [-0.2, -0.15) is 25.3 Å². The minimum absolute atomic E-state index is 0.0741. The average Bonchev–Trinajstić information content (AvgIpc) is 2.42. The molecule has 0 fully saturated rings. The highest BCUT2D eigenvalue weighted by molar-refractivity contribution is 8.00. The fraction of sp³-hybridized carbons (Fsp3) is 0.900. The van der Waals surface area contributed by atoms with E-state index in [1.807, 2.05) is 0 Å². The summed E-state index contributed by atoms with van der Waals surface area (Å²) < 4.78 is 91.9. The second-order valence-corrected chi connectivity index (χ2v) is 12.8. The van der Waals surface area contributed by atoms with Crippen molar-refractivity contribution in [3.8, 4) is 0 Å². The predicted molar refractivity (Wildman–Crippen MR) is 90.4 cm³/mol. The van der Waals surface area contributed by atoms with Gasteiger partial charge in [-0.1, -0.05) is 6.42 Å². The Labute approximate surface area is 143 Å². The van der Waals surface area contributed by atoms with Gasteiger partial charge in [0.05, 0.1) is 18.6 Å². The topological polar surface area (TPSA) is 147 Å². The summed E-state index contributed by atoms with van der Waals surface area (Å²) in [6.07, 6.45) is 1.69. The van der Waals surface area contributed by atoms with Crippen LogP contribution in [0.4, 0.5) is 0 Å². The summed E-state index contributed by atoms with van der Waals surface area (Å²) in [6, 6.07) is 0. The third-order valence-electron chi connectivity index (χ3n) is 2.39. The van der Waals surface area contributed by atoms with Crippen LogP contribution in [0.1, 0.15) is 19.3 Å². The Kier molecular flexibility index (Phi) is 9.35. The lowest BCUT2D eigenvalue weighted by Gasteiger charge is -2.07. The first-order valence-corrected chi connectivity index (χ1v) is 13.5. The monoisotopic (exact) mass is 430 g/mol. The highest BCUT2D eigenvalue weighted by Crippen LogP contribution is 2.07. The van der Waals surface area contributed by atoms with Gasteiger partial charge in [-0.15, -0.1) is 0 Å². The molecule has 146 valence electrons. The van der Waals surface area contributed by atoms with Crippen molar-refractivity contribution in [3.63, 3.8) is 0 Å². The molecule has 1 atom stereocenters. The summed E-state index contributed by atoms with van der Waals surface area (Å²) in [7, 11) is -13.7. The van der Waals surface area contributed by atoms with E-state index in [0.717, 1.165) is 7.11 Å². The van der Waals surface area contributed by atoms with Gasteiger partial charge in [-0.25, -0.2) is 0 Å². The van der Waals surface area contributed by atoms with Gasteiger partial charge in [-0.3, -0.25) is 16.8 Å². The summed E-state index contributed by atoms with van der Waals surface area (Å²) in [5, 5.41) is 0. The Morgan fingerprint density at radius 3 is 1.50 bits per heavy atom. The van der Waals surface area contributed by atoms with Crippen molar-refractivity contribution < 1.29 is 42.0 Å². The average molecular weight is 431 g/mol. The van der Waals surface area contributed by atoms with Crippen LogP contribution in [0.5, 0.6) is 0 Å². The van der Waals surface area contributed by atoms with Crippen LogP contribution in [-0.4, -0.2) is 72.1 Å². The highest BCUT2D eigenvalue weighted by atomic mass is 32.2. The molecular formula is C10H22O10S4. The quantitative estimate of drug-likeness (QED) is 0.204. The van der Waals surface area contributed by atoms with Crippen LogP contribution in [0.25, 0.3) is 0 Å². The maximum absolute atomic E-state index is 11.5. The van der Waals surface area contributed by atoms with E-state index in [-0.39, 0.29) is 25.0 Å². The number of hydrogen-bond donors (Lipinski definition) is 0. The zero-order valence-electron chi connectivity index (χ0n) is 13.4. The van der Waals surface area contributed by atoms with Gasteiger partial charge in [0.25, 0.3) is 30.4 Å². The van der Waals surface area contributed by atoms with E-state index in [1.165, 1.54) is 6.26 Å². The molecule has 0 aromatic rings. The molecule has 0 amide bonds. The lowest BCUT2D eigenvalue weighted by Crippen LogP contribution is -2.18. The predicted octanol–water partition coefficient (Wildman–Crippen LogP) is -0.913. The smallest absolute Gasteiger partial charge is 0.272 e. The van der Waals surface area contributed by atoms with E-state index in [1.54, 1.807) is 0 Å². The fourth-order valence-electron chi connectivity index (χ4n) is 1.21. The summed E-state index contributed by atoms with van der Waals surface area (Å²) in [6.45, 7) is 0. The third-order valence-corrected chi connectivity index (χ3v) is 6.75. The van der Waals surface area contributed by atoms with E-state index in [2.05, 4.69) is 18.4 Å². The van der Waals surface area contributed by atoms with Crippen molar-refractivity contribution in [1.82, 2.24) is 0 Å². The standard InChI is InChI=1S/C10H22O10S4/c1-18-24(16,17)10-20-23(14,15)8-6-4-5-7-22(12,13)19-9-21(2,3)11/h2,4-10H2,1,3H3. The van der Waals surface area contributed by atoms with Gasteiger partial charge in [-0.05, 0) is 28.2 Å². The van der Waals surface area contributed by atoms with Gasteiger partial charge in [0.1, 0.15) is 5.94 Å². The maximum Gasteiger partial charge on any atom is 0.293 e. The van der Waals surface area contributed by atoms with E-state index in [4.69, 9.17) is 0 Å². The molecule has 0 aromatic carbocycles. The molecule has 0 aromatic heterocycles. The third kappa shape index (κ3) is 13.1. The van der Waals surface area contributed by atoms with Crippen molar-refractivity contribution in [2.24, 2.45) is 0 Å². The molecule has 14 heteroatoms. The molecule has 10 nitrogen and oxygen atoms in total. The van der Waals surface area contributed by atoms with Gasteiger partial charge >= 0.3 is 0 Å². The lowest BCUT2D eigenvalue weighted by atomic mass is 10.3. The molecular weight excluding hydrogens is 408 g/mol. The van der Waals surface area contributed by atoms with E-state index < -0.39 is 57.5 Å². The van der Waals surface area contributed by atoms with Crippen LogP contribution >= 0.6 is 0 Å². The number of unbranched alkanes of at least 4 members (excludes halogenated alkanes) is 2. The van der Waals surface area contributed by atoms with Crippen molar-refractivity contribution in [3.05, 3.63) is 0 Å². The maximum atomic E-state index is 11.5. The first-order valence-electron chi connectivity index (χ1n) is 6.50. The Morgan fingerprint density at radius 2 is 1.12 bits per heavy atom. The molecule has 0 aliphatic carbocycles. The second-order valence-electron chi connectivity index (χ2n) is 4.96. The van der Waals surface area contributed by atoms with Gasteiger partial charge < -0.3 is 0 Å². The molecule has 0 saturated heterocycles. The molecule has 0 heterocycles. The van der Waals surface area contributed by atoms with Crippen molar-refractivity contribution in [2.75, 3.05) is 36.7 Å². The Bertz CT molecular complexity index is 790.